The van der Waals surface area contributed by atoms with Gasteiger partial charge in [-0.15, -0.1) is 18.2 Å². The van der Waals surface area contributed by atoms with Gasteiger partial charge in [0.05, 0.1) is 12.6 Å². The Labute approximate surface area is 184 Å². The van der Waals surface area contributed by atoms with Crippen LogP contribution in [0.4, 0.5) is 0 Å². The largest absolute Gasteiger partial charge is 0.518 e. The molecule has 1 saturated carbocycles. The van der Waals surface area contributed by atoms with Crippen molar-refractivity contribution >= 4 is 16.8 Å². The van der Waals surface area contributed by atoms with Gasteiger partial charge in [-0.2, -0.15) is 0 Å². The number of rotatable bonds is 4. The van der Waals surface area contributed by atoms with Crippen molar-refractivity contribution in [2.24, 2.45) is 10.9 Å². The molecule has 0 amide bonds. The minimum absolute atomic E-state index is 0. The summed E-state index contributed by atoms with van der Waals surface area (Å²) in [4.78, 5) is 9.21. The quantitative estimate of drug-likeness (QED) is 0.457. The maximum absolute atomic E-state index is 10.0. The van der Waals surface area contributed by atoms with E-state index in [1.54, 1.807) is 18.2 Å². The number of ether oxygens (including phenoxy) is 2. The maximum Gasteiger partial charge on any atom is 0.217 e. The molecule has 1 aromatic heterocycles. The molecule has 6 heteroatoms. The van der Waals surface area contributed by atoms with Crippen molar-refractivity contribution in [2.75, 3.05) is 6.61 Å². The smallest absolute Gasteiger partial charge is 0.217 e. The van der Waals surface area contributed by atoms with E-state index in [4.69, 9.17) is 14.5 Å². The fourth-order valence-corrected chi connectivity index (χ4v) is 4.04. The van der Waals surface area contributed by atoms with E-state index >= 15 is 0 Å². The molecule has 0 unspecified atom stereocenters. The molecule has 0 spiro atoms. The van der Waals surface area contributed by atoms with E-state index in [9.17, 15) is 5.11 Å². The van der Waals surface area contributed by atoms with Crippen molar-refractivity contribution in [1.82, 2.24) is 4.98 Å². The van der Waals surface area contributed by atoms with E-state index in [0.29, 0.717) is 35.6 Å². The number of aliphatic imine (C=N–C) groups is 1. The predicted molar refractivity (Wildman–Crippen MR) is 107 cm³/mol. The Bertz CT molecular complexity index is 1050. The van der Waals surface area contributed by atoms with E-state index in [-0.39, 0.29) is 32.9 Å². The van der Waals surface area contributed by atoms with Crippen LogP contribution in [0, 0.1) is 12.0 Å². The second-order valence-corrected chi connectivity index (χ2v) is 7.39. The summed E-state index contributed by atoms with van der Waals surface area (Å²) in [6, 6.07) is 18.1. The number of phenolic OH excluding ortho intramolecular Hbond substituents is 1. The number of fused-ring (bicyclic) bond motifs is 1. The molecule has 1 atom stereocenters. The Morgan fingerprint density at radius 3 is 2.72 bits per heavy atom. The van der Waals surface area contributed by atoms with E-state index < -0.39 is 0 Å². The molecule has 29 heavy (non-hydrogen) atoms. The molecule has 1 aliphatic heterocycles. The summed E-state index contributed by atoms with van der Waals surface area (Å²) < 4.78 is 11.7. The van der Waals surface area contributed by atoms with E-state index in [1.165, 1.54) is 25.7 Å². The topological polar surface area (TPSA) is 63.9 Å². The molecule has 5 nitrogen and oxygen atoms in total. The van der Waals surface area contributed by atoms with Gasteiger partial charge in [0.1, 0.15) is 17.2 Å². The Hall–Kier alpha value is -2.39. The zero-order chi connectivity index (χ0) is 18.9. The van der Waals surface area contributed by atoms with Crippen LogP contribution in [-0.4, -0.2) is 28.6 Å². The molecule has 2 heterocycles. The van der Waals surface area contributed by atoms with Crippen LogP contribution in [-0.2, 0) is 25.8 Å². The monoisotopic (exact) mass is 568 g/mol. The van der Waals surface area contributed by atoms with Crippen molar-refractivity contribution in [3.63, 3.8) is 0 Å². The molecule has 0 radical (unpaired) electrons. The molecule has 3 aromatic rings. The summed E-state index contributed by atoms with van der Waals surface area (Å²) >= 11 is 0. The molecule has 0 bridgehead atoms. The molecule has 0 saturated heterocycles. The Morgan fingerprint density at radius 2 is 1.86 bits per heavy atom. The first-order valence-electron chi connectivity index (χ1n) is 9.76. The van der Waals surface area contributed by atoms with Gasteiger partial charge < -0.3 is 14.6 Å². The van der Waals surface area contributed by atoms with Crippen molar-refractivity contribution in [3.8, 4) is 17.4 Å². The van der Waals surface area contributed by atoms with Gasteiger partial charge in [-0.1, -0.05) is 36.6 Å². The molecule has 152 valence electrons. The van der Waals surface area contributed by atoms with Crippen LogP contribution < -0.4 is 4.74 Å². The summed E-state index contributed by atoms with van der Waals surface area (Å²) in [6.07, 6.45) is 5.10. The van der Waals surface area contributed by atoms with Crippen LogP contribution in [0.2, 0.25) is 0 Å². The zero-order valence-electron chi connectivity index (χ0n) is 15.8. The second kappa shape index (κ2) is 8.54. The van der Waals surface area contributed by atoms with Crippen molar-refractivity contribution in [3.05, 3.63) is 60.2 Å². The van der Waals surface area contributed by atoms with Gasteiger partial charge in [0.15, 0.2) is 0 Å². The van der Waals surface area contributed by atoms with Crippen molar-refractivity contribution < 1.29 is 35.6 Å². The van der Waals surface area contributed by atoms with E-state index in [0.717, 1.165) is 10.9 Å². The molecule has 1 fully saturated rings. The first kappa shape index (κ1) is 19.9. The Kier molecular flexibility index (Phi) is 5.86. The summed E-state index contributed by atoms with van der Waals surface area (Å²) in [5.74, 6) is 2.36. The number of benzene rings is 2. The van der Waals surface area contributed by atoms with Gasteiger partial charge in [-0.25, -0.2) is 4.98 Å². The number of para-hydroxylation sites is 1. The van der Waals surface area contributed by atoms with Gasteiger partial charge in [0.2, 0.25) is 5.88 Å². The number of aromatic nitrogens is 1. The fourth-order valence-electron chi connectivity index (χ4n) is 4.04. The average Bonchev–Trinajstić information content (AvgIpc) is 3.41. The van der Waals surface area contributed by atoms with E-state index in [2.05, 4.69) is 11.1 Å². The van der Waals surface area contributed by atoms with Crippen LogP contribution in [0.5, 0.6) is 17.4 Å². The fraction of sp³-hybridized carbons (Fsp3) is 0.304. The SMILES string of the molecule is Oc1cccc2ccc(Oc3[c-]c(C4=N[C@@H](C5CCCC5)CO4)ccc3)nc12.[Pt]. The minimum Gasteiger partial charge on any atom is -0.518 e. The Balaban J connectivity index is 0.00000205. The summed E-state index contributed by atoms with van der Waals surface area (Å²) in [5.41, 5.74) is 1.31. The standard InChI is InChI=1S/C23H21N2O3.Pt/c26-20-10-4-7-16-11-12-21(25-22(16)20)28-18-9-3-8-17(13-18)23-24-19(14-27-23)15-5-1-2-6-15;/h3-4,7-12,15,19,26H,1-2,5-6,14H2;/q-1;/t19-;/m1./s1. The van der Waals surface area contributed by atoms with E-state index in [1.807, 2.05) is 30.3 Å². The van der Waals surface area contributed by atoms with Gasteiger partial charge in [-0.3, -0.25) is 4.99 Å². The third-order valence-electron chi connectivity index (χ3n) is 5.50. The zero-order valence-corrected chi connectivity index (χ0v) is 18.1. The molecular weight excluding hydrogens is 547 g/mol. The number of hydrogen-bond acceptors (Lipinski definition) is 5. The number of pyridine rings is 1. The molecule has 2 aliphatic rings. The Morgan fingerprint density at radius 1 is 1.03 bits per heavy atom. The van der Waals surface area contributed by atoms with Gasteiger partial charge >= 0.3 is 0 Å². The molecule has 1 N–H and O–H groups in total. The predicted octanol–water partition coefficient (Wildman–Crippen LogP) is 4.87. The van der Waals surface area contributed by atoms with Gasteiger partial charge in [0, 0.05) is 38.3 Å². The number of aromatic hydroxyl groups is 1. The third-order valence-corrected chi connectivity index (χ3v) is 5.50. The number of hydrogen-bond donors (Lipinski definition) is 1. The molecular formula is C23H21N2O3Pt-. The number of phenols is 1. The molecule has 5 rings (SSSR count). The van der Waals surface area contributed by atoms with Crippen LogP contribution in [0.25, 0.3) is 10.9 Å². The summed E-state index contributed by atoms with van der Waals surface area (Å²) in [7, 11) is 0. The van der Waals surface area contributed by atoms with Crippen LogP contribution >= 0.6 is 0 Å². The van der Waals surface area contributed by atoms with Gasteiger partial charge in [-0.05, 0) is 30.9 Å². The van der Waals surface area contributed by atoms with Crippen molar-refractivity contribution in [2.45, 2.75) is 31.7 Å². The van der Waals surface area contributed by atoms with Crippen molar-refractivity contribution in [1.29, 1.82) is 0 Å². The average molecular weight is 569 g/mol. The summed E-state index contributed by atoms with van der Waals surface area (Å²) in [5, 5.41) is 10.9. The minimum atomic E-state index is 0. The van der Waals surface area contributed by atoms with Crippen LogP contribution in [0.3, 0.4) is 0 Å². The second-order valence-electron chi connectivity index (χ2n) is 7.39. The first-order chi connectivity index (χ1) is 13.8. The molecule has 2 aromatic carbocycles. The summed E-state index contributed by atoms with van der Waals surface area (Å²) in [6.45, 7) is 0.657. The third kappa shape index (κ3) is 4.16. The first-order valence-corrected chi connectivity index (χ1v) is 9.76. The van der Waals surface area contributed by atoms with Crippen LogP contribution in [0.15, 0.2) is 53.5 Å². The van der Waals surface area contributed by atoms with Gasteiger partial charge in [0.25, 0.3) is 0 Å². The maximum atomic E-state index is 10.0. The molecule has 1 aliphatic carbocycles. The normalized spacial score (nSPS) is 18.9. The number of nitrogens with zero attached hydrogens (tertiary/aromatic N) is 2. The van der Waals surface area contributed by atoms with Crippen LogP contribution in [0.1, 0.15) is 31.2 Å².